The molecule has 92 valence electrons. The van der Waals surface area contributed by atoms with Crippen LogP contribution in [-0.2, 0) is 4.79 Å². The molecule has 0 aromatic heterocycles. The number of hydrogen-bond acceptors (Lipinski definition) is 2. The molecule has 0 radical (unpaired) electrons. The van der Waals surface area contributed by atoms with Crippen LogP contribution in [0.5, 0.6) is 0 Å². The molecule has 3 nitrogen and oxygen atoms in total. The van der Waals surface area contributed by atoms with Crippen LogP contribution in [-0.4, -0.2) is 18.5 Å². The van der Waals surface area contributed by atoms with Gasteiger partial charge in [-0.1, -0.05) is 31.9 Å². The molecular formula is C13H24N2O. The van der Waals surface area contributed by atoms with Gasteiger partial charge in [0.1, 0.15) is 0 Å². The number of amides is 1. The third-order valence-corrected chi connectivity index (χ3v) is 3.15. The summed E-state index contributed by atoms with van der Waals surface area (Å²) in [6.45, 7) is 2.89. The van der Waals surface area contributed by atoms with Crippen LogP contribution in [0.25, 0.3) is 0 Å². The molecule has 2 unspecified atom stereocenters. The summed E-state index contributed by atoms with van der Waals surface area (Å²) in [5, 5.41) is 2.96. The molecule has 0 spiro atoms. The van der Waals surface area contributed by atoms with Crippen molar-refractivity contribution in [3.63, 3.8) is 0 Å². The highest BCUT2D eigenvalue weighted by Gasteiger charge is 2.15. The van der Waals surface area contributed by atoms with Crippen molar-refractivity contribution in [1.82, 2.24) is 5.32 Å². The second-order valence-corrected chi connectivity index (χ2v) is 4.64. The molecule has 0 bridgehead atoms. The third-order valence-electron chi connectivity index (χ3n) is 3.15. The molecule has 0 saturated carbocycles. The van der Waals surface area contributed by atoms with E-state index in [1.54, 1.807) is 0 Å². The molecule has 0 aromatic carbocycles. The lowest BCUT2D eigenvalue weighted by Crippen LogP contribution is -2.42. The van der Waals surface area contributed by atoms with Gasteiger partial charge in [0, 0.05) is 6.54 Å². The van der Waals surface area contributed by atoms with Crippen molar-refractivity contribution < 1.29 is 4.79 Å². The molecule has 0 saturated heterocycles. The van der Waals surface area contributed by atoms with Crippen LogP contribution in [0.4, 0.5) is 0 Å². The molecule has 1 amide bonds. The van der Waals surface area contributed by atoms with Crippen molar-refractivity contribution in [3.8, 4) is 0 Å². The fourth-order valence-electron chi connectivity index (χ4n) is 1.97. The SMILES string of the molecule is CCCCC(N)C(=O)NCC1CC=CCC1. The maximum atomic E-state index is 11.6. The number of hydrogen-bond donors (Lipinski definition) is 2. The minimum atomic E-state index is -0.320. The first-order valence-electron chi connectivity index (χ1n) is 6.42. The normalized spacial score (nSPS) is 21.8. The number of nitrogens with one attached hydrogen (secondary N) is 1. The highest BCUT2D eigenvalue weighted by atomic mass is 16.2. The highest BCUT2D eigenvalue weighted by Crippen LogP contribution is 2.16. The Balaban J connectivity index is 2.15. The highest BCUT2D eigenvalue weighted by molar-refractivity contribution is 5.81. The minimum absolute atomic E-state index is 0.0167. The molecule has 16 heavy (non-hydrogen) atoms. The molecular weight excluding hydrogens is 200 g/mol. The third kappa shape index (κ3) is 4.79. The van der Waals surface area contributed by atoms with E-state index in [-0.39, 0.29) is 11.9 Å². The van der Waals surface area contributed by atoms with Gasteiger partial charge in [0.05, 0.1) is 6.04 Å². The quantitative estimate of drug-likeness (QED) is 0.678. The van der Waals surface area contributed by atoms with Crippen LogP contribution in [0.1, 0.15) is 45.4 Å². The Morgan fingerprint density at radius 3 is 3.00 bits per heavy atom. The van der Waals surface area contributed by atoms with E-state index >= 15 is 0 Å². The lowest BCUT2D eigenvalue weighted by atomic mass is 9.94. The zero-order chi connectivity index (χ0) is 11.8. The number of carbonyl (C=O) groups is 1. The van der Waals surface area contributed by atoms with Gasteiger partial charge in [-0.3, -0.25) is 4.79 Å². The first-order chi connectivity index (χ1) is 7.74. The van der Waals surface area contributed by atoms with Crippen molar-refractivity contribution in [2.45, 2.75) is 51.5 Å². The molecule has 0 fully saturated rings. The molecule has 2 atom stereocenters. The Kier molecular flexibility index (Phi) is 6.16. The van der Waals surface area contributed by atoms with Gasteiger partial charge in [-0.25, -0.2) is 0 Å². The maximum Gasteiger partial charge on any atom is 0.236 e. The van der Waals surface area contributed by atoms with Gasteiger partial charge in [0.25, 0.3) is 0 Å². The van der Waals surface area contributed by atoms with Crippen LogP contribution in [0.3, 0.4) is 0 Å². The standard InChI is InChI=1S/C13H24N2O/c1-2-3-9-12(14)13(16)15-10-11-7-5-4-6-8-11/h4-5,11-12H,2-3,6-10,14H2,1H3,(H,15,16). The zero-order valence-electron chi connectivity index (χ0n) is 10.2. The van der Waals surface area contributed by atoms with Crippen LogP contribution in [0.15, 0.2) is 12.2 Å². The first-order valence-corrected chi connectivity index (χ1v) is 6.42. The van der Waals surface area contributed by atoms with E-state index in [2.05, 4.69) is 24.4 Å². The fourth-order valence-corrected chi connectivity index (χ4v) is 1.97. The topological polar surface area (TPSA) is 55.1 Å². The Morgan fingerprint density at radius 2 is 2.38 bits per heavy atom. The summed E-state index contributed by atoms with van der Waals surface area (Å²) < 4.78 is 0. The molecule has 0 heterocycles. The average Bonchev–Trinajstić information content (AvgIpc) is 2.34. The number of allylic oxidation sites excluding steroid dienone is 2. The number of carbonyl (C=O) groups excluding carboxylic acids is 1. The Morgan fingerprint density at radius 1 is 1.56 bits per heavy atom. The predicted octanol–water partition coefficient (Wildman–Crippen LogP) is 1.98. The van der Waals surface area contributed by atoms with Gasteiger partial charge in [-0.15, -0.1) is 0 Å². The van der Waals surface area contributed by atoms with Gasteiger partial charge in [-0.05, 0) is 31.6 Å². The van der Waals surface area contributed by atoms with Crippen molar-refractivity contribution in [2.24, 2.45) is 11.7 Å². The summed E-state index contributed by atoms with van der Waals surface area (Å²) in [5.74, 6) is 0.621. The van der Waals surface area contributed by atoms with Gasteiger partial charge >= 0.3 is 0 Å². The molecule has 0 aromatic rings. The van der Waals surface area contributed by atoms with Crippen LogP contribution in [0, 0.1) is 5.92 Å². The van der Waals surface area contributed by atoms with Crippen molar-refractivity contribution in [1.29, 1.82) is 0 Å². The zero-order valence-corrected chi connectivity index (χ0v) is 10.2. The van der Waals surface area contributed by atoms with Gasteiger partial charge in [0.15, 0.2) is 0 Å². The van der Waals surface area contributed by atoms with E-state index in [1.807, 2.05) is 0 Å². The van der Waals surface area contributed by atoms with E-state index in [0.717, 1.165) is 38.6 Å². The minimum Gasteiger partial charge on any atom is -0.354 e. The van der Waals surface area contributed by atoms with Gasteiger partial charge < -0.3 is 11.1 Å². The van der Waals surface area contributed by atoms with Crippen LogP contribution in [0.2, 0.25) is 0 Å². The number of rotatable bonds is 6. The lowest BCUT2D eigenvalue weighted by Gasteiger charge is -2.19. The largest absolute Gasteiger partial charge is 0.354 e. The summed E-state index contributed by atoms with van der Waals surface area (Å²) in [6, 6.07) is -0.320. The predicted molar refractivity (Wildman–Crippen MR) is 67.0 cm³/mol. The Labute approximate surface area is 98.5 Å². The summed E-state index contributed by atoms with van der Waals surface area (Å²) in [6.07, 6.45) is 10.7. The molecule has 1 aliphatic rings. The summed E-state index contributed by atoms with van der Waals surface area (Å²) in [7, 11) is 0. The molecule has 3 heteroatoms. The molecule has 3 N–H and O–H groups in total. The fraction of sp³-hybridized carbons (Fsp3) is 0.769. The van der Waals surface area contributed by atoms with Crippen LogP contribution >= 0.6 is 0 Å². The van der Waals surface area contributed by atoms with E-state index in [1.165, 1.54) is 6.42 Å². The smallest absolute Gasteiger partial charge is 0.236 e. The average molecular weight is 224 g/mol. The molecule has 0 aliphatic heterocycles. The first kappa shape index (κ1) is 13.2. The van der Waals surface area contributed by atoms with Gasteiger partial charge in [-0.2, -0.15) is 0 Å². The monoisotopic (exact) mass is 224 g/mol. The van der Waals surface area contributed by atoms with Gasteiger partial charge in [0.2, 0.25) is 5.91 Å². The summed E-state index contributed by atoms with van der Waals surface area (Å²) >= 11 is 0. The van der Waals surface area contributed by atoms with Crippen molar-refractivity contribution in [2.75, 3.05) is 6.54 Å². The van der Waals surface area contributed by atoms with Crippen LogP contribution < -0.4 is 11.1 Å². The molecule has 1 rings (SSSR count). The van der Waals surface area contributed by atoms with E-state index < -0.39 is 0 Å². The molecule has 1 aliphatic carbocycles. The maximum absolute atomic E-state index is 11.6. The Hall–Kier alpha value is -0.830. The number of unbranched alkanes of at least 4 members (excludes halogenated alkanes) is 1. The van der Waals surface area contributed by atoms with E-state index in [0.29, 0.717) is 5.92 Å². The second kappa shape index (κ2) is 7.44. The lowest BCUT2D eigenvalue weighted by molar-refractivity contribution is -0.122. The van der Waals surface area contributed by atoms with E-state index in [9.17, 15) is 4.79 Å². The number of nitrogens with two attached hydrogens (primary N) is 1. The second-order valence-electron chi connectivity index (χ2n) is 4.64. The Bertz CT molecular complexity index is 238. The van der Waals surface area contributed by atoms with Crippen molar-refractivity contribution >= 4 is 5.91 Å². The summed E-state index contributed by atoms with van der Waals surface area (Å²) in [5.41, 5.74) is 5.79. The van der Waals surface area contributed by atoms with Crippen molar-refractivity contribution in [3.05, 3.63) is 12.2 Å². The van der Waals surface area contributed by atoms with E-state index in [4.69, 9.17) is 5.73 Å². The summed E-state index contributed by atoms with van der Waals surface area (Å²) in [4.78, 5) is 11.6.